The predicted octanol–water partition coefficient (Wildman–Crippen LogP) is 6.35. The highest BCUT2D eigenvalue weighted by molar-refractivity contribution is 5.68. The number of likely N-dealkylation sites (tertiary alicyclic amines) is 1. The Hall–Kier alpha value is -2.38. The molecule has 0 bridgehead atoms. The zero-order valence-electron chi connectivity index (χ0n) is 16.5. The van der Waals surface area contributed by atoms with Crippen LogP contribution >= 0.6 is 0 Å². The Balaban J connectivity index is 1.40. The first-order chi connectivity index (χ1) is 13.2. The smallest absolute Gasteiger partial charge is 0.0233 e. The average molecular weight is 356 g/mol. The Morgan fingerprint density at radius 2 is 1.48 bits per heavy atom. The molecule has 1 saturated heterocycles. The summed E-state index contributed by atoms with van der Waals surface area (Å²) < 4.78 is 0. The van der Waals surface area contributed by atoms with E-state index in [4.69, 9.17) is 0 Å². The standard InChI is InChI=1S/C26H29N/c1-20-7-6-10-26(21(20)2)25-13-11-23(12-14-25)24-15-17-27(18-16-24)19-22-8-4-3-5-9-22/h3-14,24H,15-19H2,1-2H3. The highest BCUT2D eigenvalue weighted by Crippen LogP contribution is 2.31. The lowest BCUT2D eigenvalue weighted by Crippen LogP contribution is -2.32. The summed E-state index contributed by atoms with van der Waals surface area (Å²) >= 11 is 0. The van der Waals surface area contributed by atoms with Gasteiger partial charge in [-0.25, -0.2) is 0 Å². The van der Waals surface area contributed by atoms with Gasteiger partial charge < -0.3 is 0 Å². The summed E-state index contributed by atoms with van der Waals surface area (Å²) in [5.74, 6) is 0.699. The van der Waals surface area contributed by atoms with Gasteiger partial charge in [0.25, 0.3) is 0 Å². The van der Waals surface area contributed by atoms with Crippen molar-refractivity contribution in [2.45, 2.75) is 39.2 Å². The molecule has 0 N–H and O–H groups in total. The van der Waals surface area contributed by atoms with Crippen LogP contribution in [0.15, 0.2) is 72.8 Å². The first-order valence-corrected chi connectivity index (χ1v) is 10.1. The quantitative estimate of drug-likeness (QED) is 0.527. The van der Waals surface area contributed by atoms with Gasteiger partial charge in [0.1, 0.15) is 0 Å². The number of piperidine rings is 1. The summed E-state index contributed by atoms with van der Waals surface area (Å²) in [6, 6.07) is 26.8. The Morgan fingerprint density at radius 1 is 0.778 bits per heavy atom. The molecule has 3 aromatic carbocycles. The summed E-state index contributed by atoms with van der Waals surface area (Å²) in [7, 11) is 0. The van der Waals surface area contributed by atoms with E-state index in [1.165, 1.54) is 59.3 Å². The summed E-state index contributed by atoms with van der Waals surface area (Å²) in [5, 5.41) is 0. The normalized spacial score (nSPS) is 15.8. The number of aryl methyl sites for hydroxylation is 1. The number of hydrogen-bond acceptors (Lipinski definition) is 1. The molecule has 0 radical (unpaired) electrons. The number of hydrogen-bond donors (Lipinski definition) is 0. The van der Waals surface area contributed by atoms with Crippen molar-refractivity contribution in [1.29, 1.82) is 0 Å². The van der Waals surface area contributed by atoms with Crippen molar-refractivity contribution in [2.75, 3.05) is 13.1 Å². The Labute approximate surface area is 163 Å². The lowest BCUT2D eigenvalue weighted by atomic mass is 9.88. The minimum absolute atomic E-state index is 0.699. The minimum Gasteiger partial charge on any atom is -0.299 e. The SMILES string of the molecule is Cc1cccc(-c2ccc(C3CCN(Cc4ccccc4)CC3)cc2)c1C. The molecule has 1 nitrogen and oxygen atoms in total. The molecular formula is C26H29N. The monoisotopic (exact) mass is 355 g/mol. The van der Waals surface area contributed by atoms with Gasteiger partial charge >= 0.3 is 0 Å². The summed E-state index contributed by atoms with van der Waals surface area (Å²) in [6.07, 6.45) is 2.52. The van der Waals surface area contributed by atoms with Crippen molar-refractivity contribution in [2.24, 2.45) is 0 Å². The van der Waals surface area contributed by atoms with E-state index in [0.29, 0.717) is 5.92 Å². The fourth-order valence-corrected chi connectivity index (χ4v) is 4.26. The predicted molar refractivity (Wildman–Crippen MR) is 115 cm³/mol. The Morgan fingerprint density at radius 3 is 2.19 bits per heavy atom. The fourth-order valence-electron chi connectivity index (χ4n) is 4.26. The van der Waals surface area contributed by atoms with Crippen molar-refractivity contribution < 1.29 is 0 Å². The van der Waals surface area contributed by atoms with Crippen molar-refractivity contribution in [1.82, 2.24) is 4.90 Å². The molecule has 0 atom stereocenters. The van der Waals surface area contributed by atoms with Gasteiger partial charge in [-0.2, -0.15) is 0 Å². The van der Waals surface area contributed by atoms with Crippen molar-refractivity contribution in [3.8, 4) is 11.1 Å². The molecule has 0 saturated carbocycles. The third-order valence-electron chi connectivity index (χ3n) is 6.13. The van der Waals surface area contributed by atoms with Gasteiger partial charge in [-0.1, -0.05) is 72.8 Å². The van der Waals surface area contributed by atoms with Crippen LogP contribution in [0.5, 0.6) is 0 Å². The molecule has 0 aromatic heterocycles. The van der Waals surface area contributed by atoms with Gasteiger partial charge in [0.2, 0.25) is 0 Å². The summed E-state index contributed by atoms with van der Waals surface area (Å²) in [6.45, 7) is 7.88. The third-order valence-corrected chi connectivity index (χ3v) is 6.13. The zero-order chi connectivity index (χ0) is 18.6. The molecule has 0 unspecified atom stereocenters. The van der Waals surface area contributed by atoms with E-state index in [0.717, 1.165) is 6.54 Å². The Bertz CT molecular complexity index is 872. The number of benzene rings is 3. The average Bonchev–Trinajstić information content (AvgIpc) is 2.72. The molecule has 1 aliphatic rings. The summed E-state index contributed by atoms with van der Waals surface area (Å²) in [4.78, 5) is 2.59. The second-order valence-corrected chi connectivity index (χ2v) is 7.91. The molecule has 0 spiro atoms. The maximum atomic E-state index is 2.59. The molecule has 3 aromatic rings. The lowest BCUT2D eigenvalue weighted by Gasteiger charge is -2.32. The Kier molecular flexibility index (Phi) is 5.40. The topological polar surface area (TPSA) is 3.24 Å². The van der Waals surface area contributed by atoms with Crippen LogP contribution < -0.4 is 0 Å². The fraction of sp³-hybridized carbons (Fsp3) is 0.308. The molecule has 1 heteroatoms. The van der Waals surface area contributed by atoms with Crippen LogP contribution in [0.25, 0.3) is 11.1 Å². The zero-order valence-corrected chi connectivity index (χ0v) is 16.5. The van der Waals surface area contributed by atoms with E-state index in [2.05, 4.69) is 91.5 Å². The van der Waals surface area contributed by atoms with Crippen LogP contribution in [0.2, 0.25) is 0 Å². The van der Waals surface area contributed by atoms with Crippen LogP contribution in [-0.4, -0.2) is 18.0 Å². The second kappa shape index (κ2) is 8.10. The maximum absolute atomic E-state index is 2.59. The van der Waals surface area contributed by atoms with E-state index in [1.54, 1.807) is 0 Å². The molecular weight excluding hydrogens is 326 g/mol. The van der Waals surface area contributed by atoms with Gasteiger partial charge in [0.15, 0.2) is 0 Å². The van der Waals surface area contributed by atoms with Crippen LogP contribution in [0.3, 0.4) is 0 Å². The summed E-state index contributed by atoms with van der Waals surface area (Å²) in [5.41, 5.74) is 8.37. The molecule has 138 valence electrons. The van der Waals surface area contributed by atoms with E-state index < -0.39 is 0 Å². The highest BCUT2D eigenvalue weighted by atomic mass is 15.1. The largest absolute Gasteiger partial charge is 0.299 e. The van der Waals surface area contributed by atoms with Gasteiger partial charge in [-0.15, -0.1) is 0 Å². The molecule has 0 aliphatic carbocycles. The third kappa shape index (κ3) is 4.14. The first-order valence-electron chi connectivity index (χ1n) is 10.1. The highest BCUT2D eigenvalue weighted by Gasteiger charge is 2.20. The molecule has 4 rings (SSSR count). The molecule has 1 heterocycles. The van der Waals surface area contributed by atoms with E-state index in [-0.39, 0.29) is 0 Å². The van der Waals surface area contributed by atoms with Crippen LogP contribution in [0.4, 0.5) is 0 Å². The first kappa shape index (κ1) is 18.0. The van der Waals surface area contributed by atoms with Gasteiger partial charge in [-0.05, 0) is 79.1 Å². The number of rotatable bonds is 4. The number of nitrogens with zero attached hydrogens (tertiary/aromatic N) is 1. The van der Waals surface area contributed by atoms with Gasteiger partial charge in [0, 0.05) is 6.54 Å². The maximum Gasteiger partial charge on any atom is 0.0233 e. The lowest BCUT2D eigenvalue weighted by molar-refractivity contribution is 0.204. The van der Waals surface area contributed by atoms with Crippen molar-refractivity contribution >= 4 is 0 Å². The minimum atomic E-state index is 0.699. The van der Waals surface area contributed by atoms with E-state index in [1.807, 2.05) is 0 Å². The van der Waals surface area contributed by atoms with E-state index in [9.17, 15) is 0 Å². The van der Waals surface area contributed by atoms with Gasteiger partial charge in [-0.3, -0.25) is 4.90 Å². The van der Waals surface area contributed by atoms with Crippen molar-refractivity contribution in [3.05, 3.63) is 95.1 Å². The van der Waals surface area contributed by atoms with E-state index >= 15 is 0 Å². The molecule has 0 amide bonds. The molecule has 27 heavy (non-hydrogen) atoms. The molecule has 1 aliphatic heterocycles. The second-order valence-electron chi connectivity index (χ2n) is 7.91. The van der Waals surface area contributed by atoms with Crippen LogP contribution in [0.1, 0.15) is 41.0 Å². The van der Waals surface area contributed by atoms with Crippen LogP contribution in [0, 0.1) is 13.8 Å². The van der Waals surface area contributed by atoms with Crippen molar-refractivity contribution in [3.63, 3.8) is 0 Å². The van der Waals surface area contributed by atoms with Gasteiger partial charge in [0.05, 0.1) is 0 Å². The molecule has 1 fully saturated rings. The van der Waals surface area contributed by atoms with Crippen LogP contribution in [-0.2, 0) is 6.54 Å².